The van der Waals surface area contributed by atoms with E-state index in [1.54, 1.807) is 0 Å². The number of anilines is 1. The van der Waals surface area contributed by atoms with E-state index in [4.69, 9.17) is 4.74 Å². The quantitative estimate of drug-likeness (QED) is 0.322. The molecule has 1 saturated heterocycles. The van der Waals surface area contributed by atoms with E-state index in [9.17, 15) is 13.2 Å². The first-order chi connectivity index (χ1) is 15.6. The second-order valence-corrected chi connectivity index (χ2v) is 17.5. The highest BCUT2D eigenvalue weighted by atomic mass is 32.2. The summed E-state index contributed by atoms with van der Waals surface area (Å²) in [6, 6.07) is 1.99. The average Bonchev–Trinajstić information content (AvgIpc) is 3.38. The fourth-order valence-corrected chi connectivity index (χ4v) is 6.37. The molecule has 33 heavy (non-hydrogen) atoms. The first kappa shape index (κ1) is 25.6. The van der Waals surface area contributed by atoms with Gasteiger partial charge in [-0.3, -0.25) is 5.32 Å². The number of urea groups is 1. The van der Waals surface area contributed by atoms with E-state index in [1.165, 1.54) is 6.20 Å². The summed E-state index contributed by atoms with van der Waals surface area (Å²) in [5.41, 5.74) is 1.28. The highest BCUT2D eigenvalue weighted by Crippen LogP contribution is 2.17. The van der Waals surface area contributed by atoms with Crippen LogP contribution in [0, 0.1) is 0 Å². The van der Waals surface area contributed by atoms with E-state index in [1.807, 2.05) is 23.8 Å². The van der Waals surface area contributed by atoms with Gasteiger partial charge in [-0.2, -0.15) is 0 Å². The zero-order chi connectivity index (χ0) is 24.1. The van der Waals surface area contributed by atoms with E-state index >= 15 is 0 Å². The van der Waals surface area contributed by atoms with E-state index < -0.39 is 29.3 Å². The van der Waals surface area contributed by atoms with Crippen LogP contribution in [0.5, 0.6) is 0 Å². The monoisotopic (exact) mass is 496 g/mol. The molecular formula is C21H36N6O4SSi. The van der Waals surface area contributed by atoms with Gasteiger partial charge in [0.1, 0.15) is 17.6 Å². The summed E-state index contributed by atoms with van der Waals surface area (Å²) in [5, 5.41) is 7.47. The Morgan fingerprint density at radius 1 is 1.39 bits per heavy atom. The number of sulfone groups is 1. The Labute approximate surface area is 196 Å². The molecule has 1 fully saturated rings. The van der Waals surface area contributed by atoms with Crippen LogP contribution in [-0.4, -0.2) is 67.4 Å². The Balaban J connectivity index is 1.63. The van der Waals surface area contributed by atoms with Gasteiger partial charge in [-0.15, -0.1) is 0 Å². The van der Waals surface area contributed by atoms with Crippen LogP contribution in [0.2, 0.25) is 25.7 Å². The Morgan fingerprint density at radius 2 is 2.18 bits per heavy atom. The third-order valence-electron chi connectivity index (χ3n) is 5.54. The minimum absolute atomic E-state index is 0.0232. The summed E-state index contributed by atoms with van der Waals surface area (Å²) in [6.07, 6.45) is 5.39. The van der Waals surface area contributed by atoms with Crippen molar-refractivity contribution < 1.29 is 17.9 Å². The minimum Gasteiger partial charge on any atom is -0.361 e. The van der Waals surface area contributed by atoms with Gasteiger partial charge in [0, 0.05) is 26.9 Å². The molecule has 0 aromatic carbocycles. The summed E-state index contributed by atoms with van der Waals surface area (Å²) in [7, 11) is -4.62. The van der Waals surface area contributed by atoms with Crippen molar-refractivity contribution in [3.63, 3.8) is 0 Å². The van der Waals surface area contributed by atoms with Crippen molar-refractivity contribution >= 4 is 40.9 Å². The molecule has 0 bridgehead atoms. The number of amides is 2. The largest absolute Gasteiger partial charge is 0.361 e. The molecule has 1 aliphatic rings. The Bertz CT molecular complexity index is 1050. The van der Waals surface area contributed by atoms with Gasteiger partial charge in [-0.1, -0.05) is 26.6 Å². The average molecular weight is 497 g/mol. The first-order valence-electron chi connectivity index (χ1n) is 11.5. The zero-order valence-corrected chi connectivity index (χ0v) is 21.7. The predicted molar refractivity (Wildman–Crippen MR) is 133 cm³/mol. The molecule has 3 N–H and O–H groups in total. The van der Waals surface area contributed by atoms with Crippen LogP contribution in [0.25, 0.3) is 11.2 Å². The molecule has 0 saturated carbocycles. The maximum absolute atomic E-state index is 12.7. The molecular weight excluding hydrogens is 460 g/mol. The molecule has 2 aromatic heterocycles. The maximum atomic E-state index is 12.7. The fourth-order valence-electron chi connectivity index (χ4n) is 3.77. The van der Waals surface area contributed by atoms with Gasteiger partial charge in [-0.25, -0.2) is 23.2 Å². The number of carbonyl (C=O) groups is 1. The molecule has 2 atom stereocenters. The summed E-state index contributed by atoms with van der Waals surface area (Å²) < 4.78 is 33.1. The third-order valence-corrected chi connectivity index (χ3v) is 9.45. The van der Waals surface area contributed by atoms with Crippen molar-refractivity contribution in [3.05, 3.63) is 18.5 Å². The van der Waals surface area contributed by atoms with Gasteiger partial charge in [0.2, 0.25) is 0 Å². The van der Waals surface area contributed by atoms with Crippen LogP contribution in [0.4, 0.5) is 10.6 Å². The van der Waals surface area contributed by atoms with Gasteiger partial charge in [-0.05, 0) is 37.9 Å². The number of ether oxygens (including phenoxy) is 1. The van der Waals surface area contributed by atoms with Crippen LogP contribution >= 0.6 is 0 Å². The fraction of sp³-hybridized carbons (Fsp3) is 0.667. The molecule has 3 heterocycles. The lowest BCUT2D eigenvalue weighted by Gasteiger charge is -2.25. The Hall–Kier alpha value is -2.02. The summed E-state index contributed by atoms with van der Waals surface area (Å²) >= 11 is 0. The van der Waals surface area contributed by atoms with E-state index in [-0.39, 0.29) is 17.6 Å². The number of nitrogens with zero attached hydrogens (tertiary/aromatic N) is 3. The highest BCUT2D eigenvalue weighted by Gasteiger charge is 2.35. The Morgan fingerprint density at radius 3 is 2.85 bits per heavy atom. The van der Waals surface area contributed by atoms with Crippen LogP contribution in [0.1, 0.15) is 26.2 Å². The van der Waals surface area contributed by atoms with Crippen LogP contribution in [0.15, 0.2) is 18.5 Å². The summed E-state index contributed by atoms with van der Waals surface area (Å²) in [6.45, 7) is 10.6. The smallest absolute Gasteiger partial charge is 0.321 e. The van der Waals surface area contributed by atoms with Crippen molar-refractivity contribution in [1.29, 1.82) is 0 Å². The van der Waals surface area contributed by atoms with Gasteiger partial charge in [0.25, 0.3) is 0 Å². The van der Waals surface area contributed by atoms with Gasteiger partial charge >= 0.3 is 6.03 Å². The van der Waals surface area contributed by atoms with E-state index in [0.717, 1.165) is 19.0 Å². The van der Waals surface area contributed by atoms with E-state index in [0.29, 0.717) is 37.3 Å². The molecule has 1 aliphatic heterocycles. The van der Waals surface area contributed by atoms with Crippen LogP contribution in [0.3, 0.4) is 0 Å². The van der Waals surface area contributed by atoms with E-state index in [2.05, 4.69) is 45.6 Å². The number of nitrogens with one attached hydrogen (secondary N) is 3. The topological polar surface area (TPSA) is 127 Å². The minimum atomic E-state index is -3.48. The lowest BCUT2D eigenvalue weighted by Crippen LogP contribution is -2.53. The molecule has 10 nitrogen and oxygen atoms in total. The first-order valence-corrected chi connectivity index (χ1v) is 16.9. The molecule has 2 amide bonds. The number of rotatable bonds is 11. The second kappa shape index (κ2) is 10.9. The van der Waals surface area contributed by atoms with Crippen molar-refractivity contribution in [2.45, 2.75) is 70.0 Å². The summed E-state index contributed by atoms with van der Waals surface area (Å²) in [4.78, 5) is 21.5. The van der Waals surface area contributed by atoms with Gasteiger partial charge in [0.15, 0.2) is 21.3 Å². The lowest BCUT2D eigenvalue weighted by atomic mass is 10.2. The normalized spacial score (nSPS) is 17.9. The number of hydrogen-bond donors (Lipinski definition) is 3. The van der Waals surface area contributed by atoms with Crippen molar-refractivity contribution in [2.24, 2.45) is 0 Å². The highest BCUT2D eigenvalue weighted by molar-refractivity contribution is 7.92. The zero-order valence-electron chi connectivity index (χ0n) is 19.9. The molecule has 2 aromatic rings. The number of fused-ring (bicyclic) bond motifs is 1. The molecule has 2 unspecified atom stereocenters. The summed E-state index contributed by atoms with van der Waals surface area (Å²) in [5.74, 6) is 0.276. The number of hydrogen-bond acceptors (Lipinski definition) is 7. The van der Waals surface area contributed by atoms with Crippen LogP contribution < -0.4 is 16.0 Å². The van der Waals surface area contributed by atoms with Gasteiger partial charge in [0.05, 0.1) is 11.9 Å². The Kier molecular flexibility index (Phi) is 8.48. The maximum Gasteiger partial charge on any atom is 0.321 e. The third kappa shape index (κ3) is 7.23. The SMILES string of the molecule is CCCS(=O)(=O)C(NC(=O)Nc1cnc2c(ccn2COCC[Si](C)(C)C)n1)C1CCCN1. The number of carbonyl (C=O) groups excluding carboxylic acids is 1. The van der Waals surface area contributed by atoms with Crippen molar-refractivity contribution in [2.75, 3.05) is 24.2 Å². The number of aromatic nitrogens is 3. The molecule has 12 heteroatoms. The molecule has 0 radical (unpaired) electrons. The van der Waals surface area contributed by atoms with Crippen molar-refractivity contribution in [3.8, 4) is 0 Å². The second-order valence-electron chi connectivity index (χ2n) is 9.69. The van der Waals surface area contributed by atoms with Crippen molar-refractivity contribution in [1.82, 2.24) is 25.2 Å². The van der Waals surface area contributed by atoms with Crippen LogP contribution in [-0.2, 0) is 21.3 Å². The predicted octanol–water partition coefficient (Wildman–Crippen LogP) is 2.77. The molecule has 0 aliphatic carbocycles. The standard InChI is InChI=1S/C21H36N6O4SSi/c1-5-12-32(29,30)20(17-7-6-9-22-17)26-21(28)25-18-14-23-19-16(24-18)8-10-27(19)15-31-11-13-33(2,3)4/h8,10,14,17,20,22H,5-7,9,11-13,15H2,1-4H3,(H2,24,25,26,28). The molecule has 3 rings (SSSR count). The lowest BCUT2D eigenvalue weighted by molar-refractivity contribution is 0.0899. The molecule has 0 spiro atoms. The van der Waals surface area contributed by atoms with Gasteiger partial charge < -0.3 is 19.9 Å². The molecule has 184 valence electrons.